The van der Waals surface area contributed by atoms with Crippen LogP contribution in [0.1, 0.15) is 22.3 Å². The first kappa shape index (κ1) is 16.5. The Balaban J connectivity index is 2.04. The number of thioether (sulfide) groups is 1. The molecule has 2 aliphatic heterocycles. The monoisotopic (exact) mass is 360 g/mol. The molecular weight excluding hydrogens is 340 g/mol. The molecule has 0 radical (unpaired) electrons. The van der Waals surface area contributed by atoms with E-state index >= 15 is 0 Å². The van der Waals surface area contributed by atoms with Gasteiger partial charge in [0.15, 0.2) is 0 Å². The molecule has 1 aromatic heterocycles. The van der Waals surface area contributed by atoms with Gasteiger partial charge in [-0.3, -0.25) is 4.79 Å². The molecule has 1 N–H and O–H groups in total. The van der Waals surface area contributed by atoms with E-state index in [4.69, 9.17) is 4.74 Å². The average Bonchev–Trinajstić information content (AvgIpc) is 2.64. The second kappa shape index (κ2) is 6.38. The van der Waals surface area contributed by atoms with Gasteiger partial charge in [-0.1, -0.05) is 0 Å². The molecule has 0 saturated heterocycles. The Morgan fingerprint density at radius 3 is 2.96 bits per heavy atom. The summed E-state index contributed by atoms with van der Waals surface area (Å²) in [5.41, 5.74) is 3.05. The van der Waals surface area contributed by atoms with Gasteiger partial charge in [0.1, 0.15) is 5.56 Å². The molecule has 0 atom stereocenters. The number of aromatic nitrogens is 1. The van der Waals surface area contributed by atoms with E-state index in [9.17, 15) is 14.7 Å². The van der Waals surface area contributed by atoms with Crippen molar-refractivity contribution in [3.8, 4) is 0 Å². The van der Waals surface area contributed by atoms with Crippen LogP contribution in [0, 0.1) is 0 Å². The largest absolute Gasteiger partial charge is 0.465 e. The van der Waals surface area contributed by atoms with Crippen LogP contribution >= 0.6 is 11.8 Å². The van der Waals surface area contributed by atoms with Gasteiger partial charge in [0.05, 0.1) is 24.9 Å². The van der Waals surface area contributed by atoms with Crippen molar-refractivity contribution in [2.75, 3.05) is 37.5 Å². The maximum absolute atomic E-state index is 12.8. The van der Waals surface area contributed by atoms with E-state index in [1.54, 1.807) is 22.4 Å². The van der Waals surface area contributed by atoms with Crippen LogP contribution in [0.25, 0.3) is 10.9 Å². The zero-order valence-electron chi connectivity index (χ0n) is 14.1. The van der Waals surface area contributed by atoms with Crippen molar-refractivity contribution >= 4 is 34.3 Å². The molecule has 0 amide bonds. The fourth-order valence-corrected chi connectivity index (χ4v) is 5.04. The smallest absolute Gasteiger partial charge is 0.343 e. The summed E-state index contributed by atoms with van der Waals surface area (Å²) in [4.78, 5) is 28.2. The van der Waals surface area contributed by atoms with Crippen LogP contribution in [-0.2, 0) is 17.7 Å². The SMILES string of the molecule is COC(=O)c1cc2cc3c(c4c2n(c1=O)CCC4)N(CCO)CCS3. The predicted molar refractivity (Wildman–Crippen MR) is 97.9 cm³/mol. The van der Waals surface area contributed by atoms with Crippen LogP contribution < -0.4 is 10.5 Å². The summed E-state index contributed by atoms with van der Waals surface area (Å²) in [7, 11) is 1.29. The van der Waals surface area contributed by atoms with Crippen molar-refractivity contribution < 1.29 is 14.6 Å². The second-order valence-corrected chi connectivity index (χ2v) is 7.45. The highest BCUT2D eigenvalue weighted by molar-refractivity contribution is 7.99. The Hall–Kier alpha value is -1.99. The van der Waals surface area contributed by atoms with E-state index in [-0.39, 0.29) is 17.7 Å². The summed E-state index contributed by atoms with van der Waals surface area (Å²) < 4.78 is 6.50. The molecule has 2 aromatic rings. The van der Waals surface area contributed by atoms with Crippen molar-refractivity contribution in [2.24, 2.45) is 0 Å². The molecule has 3 heterocycles. The third kappa shape index (κ3) is 2.53. The van der Waals surface area contributed by atoms with Gasteiger partial charge < -0.3 is 19.3 Å². The number of nitrogens with zero attached hydrogens (tertiary/aromatic N) is 2. The topological polar surface area (TPSA) is 71.8 Å². The molecule has 2 aliphatic rings. The Labute approximate surface area is 149 Å². The molecule has 4 rings (SSSR count). The number of ether oxygens (including phenoxy) is 1. The van der Waals surface area contributed by atoms with Gasteiger partial charge in [0, 0.05) is 41.2 Å². The first-order valence-electron chi connectivity index (χ1n) is 8.46. The van der Waals surface area contributed by atoms with Gasteiger partial charge in [-0.25, -0.2) is 4.79 Å². The molecule has 0 unspecified atom stereocenters. The van der Waals surface area contributed by atoms with Gasteiger partial charge in [0.25, 0.3) is 5.56 Å². The van der Waals surface area contributed by atoms with Gasteiger partial charge in [0.2, 0.25) is 0 Å². The summed E-state index contributed by atoms with van der Waals surface area (Å²) in [6, 6.07) is 3.73. The second-order valence-electron chi connectivity index (χ2n) is 6.31. The number of aliphatic hydroxyl groups excluding tert-OH is 1. The lowest BCUT2D eigenvalue weighted by molar-refractivity contribution is 0.0598. The predicted octanol–water partition coefficient (Wildman–Crippen LogP) is 1.64. The lowest BCUT2D eigenvalue weighted by Crippen LogP contribution is -2.35. The fraction of sp³-hybridized carbons (Fsp3) is 0.444. The molecule has 6 nitrogen and oxygen atoms in total. The van der Waals surface area contributed by atoms with Gasteiger partial charge in [-0.05, 0) is 25.0 Å². The maximum Gasteiger partial charge on any atom is 0.343 e. The van der Waals surface area contributed by atoms with E-state index in [0.717, 1.165) is 52.2 Å². The minimum Gasteiger partial charge on any atom is -0.465 e. The zero-order valence-corrected chi connectivity index (χ0v) is 14.9. The standard InChI is InChI=1S/C18H20N2O4S/c1-24-18(23)13-9-11-10-14-16(19(5-7-21)6-8-25-14)12-3-2-4-20(15(11)12)17(13)22/h9-10,21H,2-8H2,1H3. The van der Waals surface area contributed by atoms with Crippen LogP contribution in [0.15, 0.2) is 21.8 Å². The first-order valence-corrected chi connectivity index (χ1v) is 9.44. The average molecular weight is 360 g/mol. The van der Waals surface area contributed by atoms with Gasteiger partial charge in [-0.15, -0.1) is 11.8 Å². The zero-order chi connectivity index (χ0) is 17.6. The minimum absolute atomic E-state index is 0.0934. The number of aryl methyl sites for hydroxylation is 2. The Kier molecular flexibility index (Phi) is 4.21. The van der Waals surface area contributed by atoms with E-state index < -0.39 is 5.97 Å². The third-order valence-electron chi connectivity index (χ3n) is 4.93. The van der Waals surface area contributed by atoms with Crippen molar-refractivity contribution in [1.29, 1.82) is 0 Å². The summed E-state index contributed by atoms with van der Waals surface area (Å²) in [6.45, 7) is 2.20. The van der Waals surface area contributed by atoms with Crippen molar-refractivity contribution in [3.63, 3.8) is 0 Å². The highest BCUT2D eigenvalue weighted by Gasteiger charge is 2.28. The molecular formula is C18H20N2O4S. The number of hydrogen-bond acceptors (Lipinski definition) is 6. The summed E-state index contributed by atoms with van der Waals surface area (Å²) in [6.07, 6.45) is 1.76. The van der Waals surface area contributed by atoms with Crippen LogP contribution in [-0.4, -0.2) is 48.2 Å². The highest BCUT2D eigenvalue weighted by Crippen LogP contribution is 2.43. The number of esters is 1. The molecule has 0 saturated carbocycles. The van der Waals surface area contributed by atoms with Gasteiger partial charge in [-0.2, -0.15) is 0 Å². The van der Waals surface area contributed by atoms with E-state index in [1.165, 1.54) is 7.11 Å². The number of hydrogen-bond donors (Lipinski definition) is 1. The first-order chi connectivity index (χ1) is 12.2. The normalized spacial score (nSPS) is 16.0. The van der Waals surface area contributed by atoms with Crippen molar-refractivity contribution in [2.45, 2.75) is 24.3 Å². The molecule has 0 fully saturated rings. The molecule has 25 heavy (non-hydrogen) atoms. The summed E-state index contributed by atoms with van der Waals surface area (Å²) >= 11 is 1.79. The van der Waals surface area contributed by atoms with E-state index in [1.807, 2.05) is 0 Å². The molecule has 0 aliphatic carbocycles. The Bertz CT molecular complexity index is 922. The van der Waals surface area contributed by atoms with E-state index in [0.29, 0.717) is 13.1 Å². The van der Waals surface area contributed by atoms with Crippen LogP contribution in [0.2, 0.25) is 0 Å². The number of anilines is 1. The summed E-state index contributed by atoms with van der Waals surface area (Å²) in [5, 5.41) is 10.3. The number of β-amino-alcohol motifs (C(OH)–C–C–N with tert-alkyl or cyclic N) is 1. The Morgan fingerprint density at radius 2 is 2.20 bits per heavy atom. The summed E-state index contributed by atoms with van der Waals surface area (Å²) in [5.74, 6) is 0.372. The van der Waals surface area contributed by atoms with Crippen LogP contribution in [0.4, 0.5) is 5.69 Å². The number of pyridine rings is 1. The van der Waals surface area contributed by atoms with Crippen molar-refractivity contribution in [1.82, 2.24) is 4.57 Å². The molecule has 7 heteroatoms. The molecule has 132 valence electrons. The fourth-order valence-electron chi connectivity index (χ4n) is 3.90. The Morgan fingerprint density at radius 1 is 1.36 bits per heavy atom. The molecule has 0 spiro atoms. The number of carbonyl (C=O) groups is 1. The number of methoxy groups -OCH3 is 1. The van der Waals surface area contributed by atoms with Crippen LogP contribution in [0.3, 0.4) is 0 Å². The molecule has 0 bridgehead atoms. The lowest BCUT2D eigenvalue weighted by Gasteiger charge is -2.35. The number of benzene rings is 1. The third-order valence-corrected chi connectivity index (χ3v) is 5.94. The lowest BCUT2D eigenvalue weighted by atomic mass is 9.97. The van der Waals surface area contributed by atoms with E-state index in [2.05, 4.69) is 11.0 Å². The highest BCUT2D eigenvalue weighted by atomic mass is 32.2. The molecule has 1 aromatic carbocycles. The number of fused-ring (bicyclic) bond motifs is 2. The quantitative estimate of drug-likeness (QED) is 0.839. The van der Waals surface area contributed by atoms with Crippen molar-refractivity contribution in [3.05, 3.63) is 33.6 Å². The number of carbonyl (C=O) groups excluding carboxylic acids is 1. The van der Waals surface area contributed by atoms with Crippen LogP contribution in [0.5, 0.6) is 0 Å². The number of rotatable bonds is 3. The number of aliphatic hydroxyl groups is 1. The maximum atomic E-state index is 12.8. The van der Waals surface area contributed by atoms with Gasteiger partial charge >= 0.3 is 5.97 Å². The minimum atomic E-state index is -0.588.